The zero-order chi connectivity index (χ0) is 8.84. The van der Waals surface area contributed by atoms with Gasteiger partial charge in [-0.2, -0.15) is 0 Å². The molecule has 3 nitrogen and oxygen atoms in total. The van der Waals surface area contributed by atoms with Crippen LogP contribution in [0.4, 0.5) is 0 Å². The number of hydrogen-bond donors (Lipinski definition) is 0. The maximum Gasteiger partial charge on any atom is 0.161 e. The van der Waals surface area contributed by atoms with Crippen molar-refractivity contribution >= 4 is 27.1 Å². The van der Waals surface area contributed by atoms with E-state index in [0.717, 1.165) is 15.8 Å². The van der Waals surface area contributed by atoms with E-state index < -0.39 is 0 Å². The zero-order valence-electron chi connectivity index (χ0n) is 6.94. The van der Waals surface area contributed by atoms with E-state index in [2.05, 4.69) is 30.5 Å². The van der Waals surface area contributed by atoms with Gasteiger partial charge in [-0.05, 0) is 40.9 Å². The van der Waals surface area contributed by atoms with Crippen LogP contribution >= 0.6 is 15.9 Å². The Bertz CT molecular complexity index is 459. The molecule has 0 amide bonds. The smallest absolute Gasteiger partial charge is 0.161 e. The van der Waals surface area contributed by atoms with E-state index in [9.17, 15) is 0 Å². The summed E-state index contributed by atoms with van der Waals surface area (Å²) in [6, 6.07) is 4.56. The van der Waals surface area contributed by atoms with E-state index in [1.807, 2.05) is 18.5 Å². The largest absolute Gasteiger partial charge is 0.312 e. The second-order valence-corrected chi connectivity index (χ2v) is 4.17. The van der Waals surface area contributed by atoms with Crippen LogP contribution in [-0.4, -0.2) is 14.5 Å². The quantitative estimate of drug-likeness (QED) is 0.714. The number of rotatable bonds is 1. The number of pyridine rings is 1. The van der Waals surface area contributed by atoms with Gasteiger partial charge in [0.15, 0.2) is 5.65 Å². The highest BCUT2D eigenvalue weighted by atomic mass is 79.9. The van der Waals surface area contributed by atoms with Gasteiger partial charge in [-0.1, -0.05) is 0 Å². The van der Waals surface area contributed by atoms with Gasteiger partial charge < -0.3 is 4.57 Å². The molecule has 2 heterocycles. The molecule has 4 heteroatoms. The predicted octanol–water partition coefficient (Wildman–Crippen LogP) is 2.53. The predicted molar refractivity (Wildman–Crippen MR) is 53.5 cm³/mol. The number of imidazole rings is 1. The van der Waals surface area contributed by atoms with Crippen LogP contribution in [0, 0.1) is 0 Å². The van der Waals surface area contributed by atoms with Crippen molar-refractivity contribution in [1.82, 2.24) is 14.5 Å². The molecule has 3 rings (SSSR count). The van der Waals surface area contributed by atoms with E-state index in [1.165, 1.54) is 12.8 Å². The van der Waals surface area contributed by atoms with Crippen molar-refractivity contribution < 1.29 is 0 Å². The summed E-state index contributed by atoms with van der Waals surface area (Å²) in [5, 5.41) is 0. The Labute approximate surface area is 83.9 Å². The third kappa shape index (κ3) is 1.16. The molecule has 0 unspecified atom stereocenters. The minimum absolute atomic E-state index is 0.645. The molecule has 1 fully saturated rings. The lowest BCUT2D eigenvalue weighted by molar-refractivity contribution is 0.756. The third-order valence-electron chi connectivity index (χ3n) is 2.33. The average Bonchev–Trinajstić information content (AvgIpc) is 2.87. The third-order valence-corrected chi connectivity index (χ3v) is 2.77. The summed E-state index contributed by atoms with van der Waals surface area (Å²) in [6.07, 6.45) is 4.42. The molecule has 0 radical (unpaired) electrons. The van der Waals surface area contributed by atoms with Crippen LogP contribution in [0.2, 0.25) is 0 Å². The molecular weight excluding hydrogens is 230 g/mol. The fourth-order valence-electron chi connectivity index (χ4n) is 1.51. The van der Waals surface area contributed by atoms with Crippen LogP contribution in [0.25, 0.3) is 11.2 Å². The highest BCUT2D eigenvalue weighted by Gasteiger charge is 2.25. The molecule has 1 aliphatic rings. The van der Waals surface area contributed by atoms with E-state index in [0.29, 0.717) is 6.04 Å². The highest BCUT2D eigenvalue weighted by Crippen LogP contribution is 2.36. The Morgan fingerprint density at radius 2 is 2.23 bits per heavy atom. The summed E-state index contributed by atoms with van der Waals surface area (Å²) in [4.78, 5) is 8.71. The first-order valence-electron chi connectivity index (χ1n) is 4.34. The maximum atomic E-state index is 4.41. The van der Waals surface area contributed by atoms with Gasteiger partial charge in [0.05, 0.1) is 6.33 Å². The molecule has 0 N–H and O–H groups in total. The Morgan fingerprint density at radius 1 is 1.38 bits per heavy atom. The van der Waals surface area contributed by atoms with E-state index in [4.69, 9.17) is 0 Å². The Balaban J connectivity index is 2.29. The maximum absolute atomic E-state index is 4.41. The van der Waals surface area contributed by atoms with Gasteiger partial charge in [-0.3, -0.25) is 0 Å². The van der Waals surface area contributed by atoms with Gasteiger partial charge in [0.25, 0.3) is 0 Å². The molecule has 0 aliphatic heterocycles. The van der Waals surface area contributed by atoms with Crippen molar-refractivity contribution in [3.05, 3.63) is 23.1 Å². The number of aromatic nitrogens is 3. The van der Waals surface area contributed by atoms with Crippen LogP contribution in [0.3, 0.4) is 0 Å². The van der Waals surface area contributed by atoms with Crippen LogP contribution in [0.5, 0.6) is 0 Å². The van der Waals surface area contributed by atoms with E-state index in [-0.39, 0.29) is 0 Å². The molecule has 2 aromatic rings. The first-order chi connectivity index (χ1) is 6.34. The van der Waals surface area contributed by atoms with Crippen LogP contribution in [-0.2, 0) is 0 Å². The van der Waals surface area contributed by atoms with Gasteiger partial charge in [0.2, 0.25) is 0 Å². The summed E-state index contributed by atoms with van der Waals surface area (Å²) < 4.78 is 3.04. The first kappa shape index (κ1) is 7.50. The van der Waals surface area contributed by atoms with Crippen molar-refractivity contribution in [1.29, 1.82) is 0 Å². The molecule has 1 saturated carbocycles. The molecule has 0 aromatic carbocycles. The summed E-state index contributed by atoms with van der Waals surface area (Å²) in [6.45, 7) is 0. The van der Waals surface area contributed by atoms with Gasteiger partial charge >= 0.3 is 0 Å². The normalized spacial score (nSPS) is 16.7. The summed E-state index contributed by atoms with van der Waals surface area (Å²) in [5.41, 5.74) is 1.98. The summed E-state index contributed by atoms with van der Waals surface area (Å²) >= 11 is 3.37. The topological polar surface area (TPSA) is 30.7 Å². The molecule has 1 aliphatic carbocycles. The summed E-state index contributed by atoms with van der Waals surface area (Å²) in [5.74, 6) is 0. The highest BCUT2D eigenvalue weighted by molar-refractivity contribution is 9.10. The van der Waals surface area contributed by atoms with Gasteiger partial charge in [0, 0.05) is 6.04 Å². The number of halogens is 1. The van der Waals surface area contributed by atoms with Crippen LogP contribution < -0.4 is 0 Å². The second-order valence-electron chi connectivity index (χ2n) is 3.36. The zero-order valence-corrected chi connectivity index (χ0v) is 8.53. The number of fused-ring (bicyclic) bond motifs is 1. The van der Waals surface area contributed by atoms with Crippen molar-refractivity contribution in [2.24, 2.45) is 0 Å². The van der Waals surface area contributed by atoms with E-state index in [1.54, 1.807) is 0 Å². The monoisotopic (exact) mass is 237 g/mol. The summed E-state index contributed by atoms with van der Waals surface area (Å²) in [7, 11) is 0. The molecule has 0 saturated heterocycles. The molecule has 0 bridgehead atoms. The standard InChI is InChI=1S/C9H8BrN3/c10-8-4-3-7-9(12-8)13(5-11-7)6-1-2-6/h3-6H,1-2H2. The average molecular weight is 238 g/mol. The van der Waals surface area contributed by atoms with Crippen molar-refractivity contribution in [3.8, 4) is 0 Å². The van der Waals surface area contributed by atoms with Crippen molar-refractivity contribution in [2.45, 2.75) is 18.9 Å². The van der Waals surface area contributed by atoms with Gasteiger partial charge in [0.1, 0.15) is 10.1 Å². The molecule has 66 valence electrons. The molecule has 13 heavy (non-hydrogen) atoms. The SMILES string of the molecule is Brc1ccc2ncn(C3CC3)c2n1. The van der Waals surface area contributed by atoms with Gasteiger partial charge in [-0.25, -0.2) is 9.97 Å². The number of nitrogens with zero attached hydrogens (tertiary/aromatic N) is 3. The lowest BCUT2D eigenvalue weighted by Gasteiger charge is -1.98. The molecule has 0 atom stereocenters. The minimum atomic E-state index is 0.645. The Kier molecular flexibility index (Phi) is 1.47. The van der Waals surface area contributed by atoms with Crippen molar-refractivity contribution in [3.63, 3.8) is 0 Å². The fourth-order valence-corrected chi connectivity index (χ4v) is 1.81. The van der Waals surface area contributed by atoms with E-state index >= 15 is 0 Å². The lowest BCUT2D eigenvalue weighted by Crippen LogP contribution is -1.92. The Morgan fingerprint density at radius 3 is 3.00 bits per heavy atom. The molecular formula is C9H8BrN3. The Hall–Kier alpha value is -0.900. The lowest BCUT2D eigenvalue weighted by atomic mass is 10.4. The second kappa shape index (κ2) is 2.54. The van der Waals surface area contributed by atoms with Crippen molar-refractivity contribution in [2.75, 3.05) is 0 Å². The molecule has 0 spiro atoms. The molecule has 2 aromatic heterocycles. The number of hydrogen-bond acceptors (Lipinski definition) is 2. The fraction of sp³-hybridized carbons (Fsp3) is 0.333. The first-order valence-corrected chi connectivity index (χ1v) is 5.13. The van der Waals surface area contributed by atoms with Crippen LogP contribution in [0.15, 0.2) is 23.1 Å². The van der Waals surface area contributed by atoms with Crippen LogP contribution in [0.1, 0.15) is 18.9 Å². The van der Waals surface area contributed by atoms with Gasteiger partial charge in [-0.15, -0.1) is 0 Å². The minimum Gasteiger partial charge on any atom is -0.312 e.